The second-order valence-corrected chi connectivity index (χ2v) is 11.7. The summed E-state index contributed by atoms with van der Waals surface area (Å²) in [6.45, 7) is 6.72. The number of carbonyl (C=O) groups excluding carboxylic acids is 2. The molecule has 196 valence electrons. The number of fused-ring (bicyclic) bond motifs is 1. The van der Waals surface area contributed by atoms with E-state index in [1.165, 1.54) is 11.8 Å². The Morgan fingerprint density at radius 1 is 1.08 bits per heavy atom. The topological polar surface area (TPSA) is 105 Å². The van der Waals surface area contributed by atoms with Gasteiger partial charge in [-0.25, -0.2) is 8.42 Å². The molecule has 2 amide bonds. The van der Waals surface area contributed by atoms with Crippen molar-refractivity contribution in [2.24, 2.45) is 0 Å². The highest BCUT2D eigenvalue weighted by Crippen LogP contribution is 2.36. The smallest absolute Gasteiger partial charge is 0.244 e. The number of amides is 2. The molecule has 0 bridgehead atoms. The molecule has 0 fully saturated rings. The van der Waals surface area contributed by atoms with Gasteiger partial charge in [0.05, 0.1) is 11.4 Å². The van der Waals surface area contributed by atoms with Gasteiger partial charge in [0.15, 0.2) is 11.5 Å². The summed E-state index contributed by atoms with van der Waals surface area (Å²) in [5, 5.41) is 2.91. The molecule has 0 radical (unpaired) electrons. The van der Waals surface area contributed by atoms with Crippen LogP contribution in [0.25, 0.3) is 0 Å². The molecule has 9 nitrogen and oxygen atoms in total. The van der Waals surface area contributed by atoms with Crippen molar-refractivity contribution < 1.29 is 27.5 Å². The zero-order valence-corrected chi connectivity index (χ0v) is 23.3. The van der Waals surface area contributed by atoms with E-state index >= 15 is 0 Å². The van der Waals surface area contributed by atoms with Crippen LogP contribution in [0.1, 0.15) is 39.7 Å². The fourth-order valence-corrected chi connectivity index (χ4v) is 5.14. The SMILES string of the molecule is CCC(C)NC(=O)C(C)N(Cc1cccc(Br)c1)C(=O)CN(c1ccc2c(c1)OCO2)S(=O)(=O)CC. The van der Waals surface area contributed by atoms with E-state index in [0.717, 1.165) is 20.8 Å². The molecule has 2 aromatic carbocycles. The monoisotopic (exact) mass is 581 g/mol. The van der Waals surface area contributed by atoms with E-state index in [2.05, 4.69) is 21.2 Å². The van der Waals surface area contributed by atoms with Gasteiger partial charge in [-0.1, -0.05) is 35.0 Å². The van der Waals surface area contributed by atoms with Gasteiger partial charge in [0.1, 0.15) is 12.6 Å². The van der Waals surface area contributed by atoms with Gasteiger partial charge in [-0.15, -0.1) is 0 Å². The summed E-state index contributed by atoms with van der Waals surface area (Å²) >= 11 is 3.44. The van der Waals surface area contributed by atoms with Crippen LogP contribution in [0.15, 0.2) is 46.9 Å². The molecule has 1 heterocycles. The van der Waals surface area contributed by atoms with Gasteiger partial charge in [0.2, 0.25) is 28.6 Å². The Labute approximate surface area is 220 Å². The van der Waals surface area contributed by atoms with E-state index < -0.39 is 28.5 Å². The van der Waals surface area contributed by atoms with Crippen molar-refractivity contribution in [1.82, 2.24) is 10.2 Å². The Bertz CT molecular complexity index is 1210. The van der Waals surface area contributed by atoms with E-state index in [9.17, 15) is 18.0 Å². The third-order valence-electron chi connectivity index (χ3n) is 6.03. The predicted octanol–water partition coefficient (Wildman–Crippen LogP) is 3.67. The van der Waals surface area contributed by atoms with E-state index in [0.29, 0.717) is 11.5 Å². The number of hydrogen-bond donors (Lipinski definition) is 1. The molecule has 2 atom stereocenters. The minimum absolute atomic E-state index is 0.0431. The minimum Gasteiger partial charge on any atom is -0.454 e. The van der Waals surface area contributed by atoms with Gasteiger partial charge in [-0.3, -0.25) is 13.9 Å². The van der Waals surface area contributed by atoms with Gasteiger partial charge in [-0.05, 0) is 57.0 Å². The van der Waals surface area contributed by atoms with Crippen molar-refractivity contribution >= 4 is 43.5 Å². The molecular formula is C25H32BrN3O6S. The van der Waals surface area contributed by atoms with Crippen molar-refractivity contribution in [2.45, 2.75) is 52.7 Å². The number of halogens is 1. The first kappa shape index (κ1) is 27.8. The van der Waals surface area contributed by atoms with Gasteiger partial charge in [0.25, 0.3) is 0 Å². The molecule has 0 aliphatic carbocycles. The maximum atomic E-state index is 13.7. The molecule has 0 spiro atoms. The zero-order chi connectivity index (χ0) is 26.5. The second kappa shape index (κ2) is 12.0. The molecule has 0 aromatic heterocycles. The molecule has 2 aromatic rings. The molecule has 1 aliphatic rings. The lowest BCUT2D eigenvalue weighted by Crippen LogP contribution is -2.52. The van der Waals surface area contributed by atoms with Crippen LogP contribution in [0.2, 0.25) is 0 Å². The number of carbonyl (C=O) groups is 2. The summed E-state index contributed by atoms with van der Waals surface area (Å²) in [7, 11) is -3.83. The van der Waals surface area contributed by atoms with Crippen LogP contribution in [-0.2, 0) is 26.2 Å². The maximum Gasteiger partial charge on any atom is 0.244 e. The van der Waals surface area contributed by atoms with E-state index in [1.807, 2.05) is 38.1 Å². The lowest BCUT2D eigenvalue weighted by molar-refractivity contribution is -0.139. The summed E-state index contributed by atoms with van der Waals surface area (Å²) in [6, 6.07) is 11.3. The number of anilines is 1. The lowest BCUT2D eigenvalue weighted by atomic mass is 10.1. The highest BCUT2D eigenvalue weighted by molar-refractivity contribution is 9.10. The van der Waals surface area contributed by atoms with E-state index in [4.69, 9.17) is 9.47 Å². The largest absolute Gasteiger partial charge is 0.454 e. The Morgan fingerprint density at radius 2 is 1.81 bits per heavy atom. The second-order valence-electron chi connectivity index (χ2n) is 8.59. The van der Waals surface area contributed by atoms with Crippen LogP contribution >= 0.6 is 15.9 Å². The number of hydrogen-bond acceptors (Lipinski definition) is 6. The summed E-state index contributed by atoms with van der Waals surface area (Å²) in [5.74, 6) is -0.101. The zero-order valence-electron chi connectivity index (χ0n) is 20.9. The lowest BCUT2D eigenvalue weighted by Gasteiger charge is -2.32. The predicted molar refractivity (Wildman–Crippen MR) is 141 cm³/mol. The third-order valence-corrected chi connectivity index (χ3v) is 8.27. The Hall–Kier alpha value is -2.79. The van der Waals surface area contributed by atoms with Crippen LogP contribution in [-0.4, -0.2) is 56.3 Å². The molecular weight excluding hydrogens is 550 g/mol. The van der Waals surface area contributed by atoms with Crippen molar-refractivity contribution in [1.29, 1.82) is 0 Å². The van der Waals surface area contributed by atoms with Gasteiger partial charge in [0, 0.05) is 23.1 Å². The molecule has 1 N–H and O–H groups in total. The first-order chi connectivity index (χ1) is 17.1. The number of benzene rings is 2. The number of nitrogens with zero attached hydrogens (tertiary/aromatic N) is 2. The van der Waals surface area contributed by atoms with Crippen LogP contribution < -0.4 is 19.1 Å². The molecule has 11 heteroatoms. The standard InChI is InChI=1S/C25H32BrN3O6S/c1-5-17(3)27-25(31)18(4)28(14-19-8-7-9-20(26)12-19)24(30)15-29(36(32,33)6-2)21-10-11-22-23(13-21)35-16-34-22/h7-13,17-18H,5-6,14-16H2,1-4H3,(H,27,31). The Kier molecular flexibility index (Phi) is 9.24. The first-order valence-corrected chi connectivity index (χ1v) is 14.2. The number of ether oxygens (including phenoxy) is 2. The average molecular weight is 583 g/mol. The van der Waals surface area contributed by atoms with Crippen molar-refractivity contribution in [2.75, 3.05) is 23.4 Å². The summed E-state index contributed by atoms with van der Waals surface area (Å²) < 4.78 is 38.7. The number of rotatable bonds is 11. The van der Waals surface area contributed by atoms with Crippen molar-refractivity contribution in [3.8, 4) is 11.5 Å². The van der Waals surface area contributed by atoms with Crippen molar-refractivity contribution in [3.63, 3.8) is 0 Å². The average Bonchev–Trinajstić information content (AvgIpc) is 3.33. The molecule has 2 unspecified atom stereocenters. The Balaban J connectivity index is 1.94. The minimum atomic E-state index is -3.83. The molecule has 36 heavy (non-hydrogen) atoms. The molecule has 0 saturated carbocycles. The fourth-order valence-electron chi connectivity index (χ4n) is 3.64. The molecule has 1 aliphatic heterocycles. The quantitative estimate of drug-likeness (QED) is 0.434. The van der Waals surface area contributed by atoms with Gasteiger partial charge < -0.3 is 19.7 Å². The number of nitrogens with one attached hydrogen (secondary N) is 1. The normalized spacial score (nSPS) is 14.1. The highest BCUT2D eigenvalue weighted by Gasteiger charge is 2.32. The van der Waals surface area contributed by atoms with Gasteiger partial charge >= 0.3 is 0 Å². The van der Waals surface area contributed by atoms with Crippen LogP contribution in [0.5, 0.6) is 11.5 Å². The van der Waals surface area contributed by atoms with Crippen molar-refractivity contribution in [3.05, 3.63) is 52.5 Å². The maximum absolute atomic E-state index is 13.7. The van der Waals surface area contributed by atoms with Gasteiger partial charge in [-0.2, -0.15) is 0 Å². The van der Waals surface area contributed by atoms with E-state index in [1.54, 1.807) is 25.1 Å². The number of sulfonamides is 1. The fraction of sp³-hybridized carbons (Fsp3) is 0.440. The summed E-state index contributed by atoms with van der Waals surface area (Å²) in [4.78, 5) is 28.1. The molecule has 0 saturated heterocycles. The van der Waals surface area contributed by atoms with Crippen LogP contribution in [0.3, 0.4) is 0 Å². The highest BCUT2D eigenvalue weighted by atomic mass is 79.9. The Morgan fingerprint density at radius 3 is 2.47 bits per heavy atom. The van der Waals surface area contributed by atoms with Crippen LogP contribution in [0.4, 0.5) is 5.69 Å². The van der Waals surface area contributed by atoms with Crippen LogP contribution in [0, 0.1) is 0 Å². The summed E-state index contributed by atoms with van der Waals surface area (Å²) in [5.41, 5.74) is 1.09. The first-order valence-electron chi connectivity index (χ1n) is 11.8. The summed E-state index contributed by atoms with van der Waals surface area (Å²) in [6.07, 6.45) is 0.741. The third kappa shape index (κ3) is 6.70. The molecule has 3 rings (SSSR count). The van der Waals surface area contributed by atoms with E-state index in [-0.39, 0.29) is 36.7 Å².